The smallest absolute Gasteiger partial charge is 0.328 e. The quantitative estimate of drug-likeness (QED) is 0.780. The molecule has 1 amide bonds. The van der Waals surface area contributed by atoms with Crippen molar-refractivity contribution < 1.29 is 14.3 Å². The monoisotopic (exact) mass is 332 g/mol. The zero-order chi connectivity index (χ0) is 17.5. The minimum atomic E-state index is -0.578. The highest BCUT2D eigenvalue weighted by Crippen LogP contribution is 2.31. The average Bonchev–Trinajstić information content (AvgIpc) is 3.07. The third-order valence-electron chi connectivity index (χ3n) is 4.88. The van der Waals surface area contributed by atoms with Crippen LogP contribution in [0.1, 0.15) is 44.7 Å². The Balaban J connectivity index is 1.98. The van der Waals surface area contributed by atoms with E-state index in [1.807, 2.05) is 32.0 Å². The summed E-state index contributed by atoms with van der Waals surface area (Å²) in [6.07, 6.45) is 2.94. The molecule has 1 heterocycles. The molecular weight excluding hydrogens is 304 g/mol. The Labute approximate surface area is 144 Å². The van der Waals surface area contributed by atoms with Crippen molar-refractivity contribution in [3.63, 3.8) is 0 Å². The zero-order valence-corrected chi connectivity index (χ0v) is 14.8. The minimum absolute atomic E-state index is 0.0462. The van der Waals surface area contributed by atoms with Crippen molar-refractivity contribution in [3.8, 4) is 0 Å². The maximum Gasteiger partial charge on any atom is 0.328 e. The van der Waals surface area contributed by atoms with E-state index in [2.05, 4.69) is 22.3 Å². The van der Waals surface area contributed by atoms with Crippen LogP contribution in [0.2, 0.25) is 0 Å². The van der Waals surface area contributed by atoms with Gasteiger partial charge in [0.2, 0.25) is 5.91 Å². The van der Waals surface area contributed by atoms with Gasteiger partial charge in [0.1, 0.15) is 6.04 Å². The zero-order valence-electron chi connectivity index (χ0n) is 14.8. The van der Waals surface area contributed by atoms with Crippen molar-refractivity contribution >= 4 is 11.9 Å². The van der Waals surface area contributed by atoms with E-state index < -0.39 is 6.04 Å². The Morgan fingerprint density at radius 3 is 2.67 bits per heavy atom. The molecule has 1 N–H and O–H groups in total. The molecule has 0 aliphatic carbocycles. The van der Waals surface area contributed by atoms with Gasteiger partial charge in [-0.15, -0.1) is 0 Å². The fraction of sp³-hybridized carbons (Fsp3) is 0.579. The highest BCUT2D eigenvalue weighted by Gasteiger charge is 2.30. The van der Waals surface area contributed by atoms with Crippen LogP contribution in [-0.4, -0.2) is 43.0 Å². The number of ether oxygens (including phenoxy) is 1. The number of nitrogens with one attached hydrogen (secondary N) is 1. The SMILES string of the molecule is CCC(C)C(NC(=O)CN1CCCC1c1ccccc1)C(=O)OC. The minimum Gasteiger partial charge on any atom is -0.467 e. The summed E-state index contributed by atoms with van der Waals surface area (Å²) in [5, 5.41) is 2.86. The number of carbonyl (C=O) groups is 2. The standard InChI is InChI=1S/C19H28N2O3/c1-4-14(2)18(19(23)24-3)20-17(22)13-21-12-8-11-16(21)15-9-6-5-7-10-15/h5-7,9-10,14,16,18H,4,8,11-13H2,1-3H3,(H,20,22). The van der Waals surface area contributed by atoms with E-state index in [1.54, 1.807) is 0 Å². The number of nitrogens with zero attached hydrogens (tertiary/aromatic N) is 1. The van der Waals surface area contributed by atoms with Crippen LogP contribution in [-0.2, 0) is 14.3 Å². The highest BCUT2D eigenvalue weighted by molar-refractivity contribution is 5.85. The largest absolute Gasteiger partial charge is 0.467 e. The van der Waals surface area contributed by atoms with Gasteiger partial charge in [0.05, 0.1) is 13.7 Å². The summed E-state index contributed by atoms with van der Waals surface area (Å²) in [5.74, 6) is -0.447. The summed E-state index contributed by atoms with van der Waals surface area (Å²) in [5.41, 5.74) is 1.24. The van der Waals surface area contributed by atoms with E-state index in [0.717, 1.165) is 25.8 Å². The van der Waals surface area contributed by atoms with Crippen LogP contribution in [0.3, 0.4) is 0 Å². The van der Waals surface area contributed by atoms with Crippen molar-refractivity contribution in [2.75, 3.05) is 20.2 Å². The number of methoxy groups -OCH3 is 1. The third-order valence-corrected chi connectivity index (χ3v) is 4.88. The summed E-state index contributed by atoms with van der Waals surface area (Å²) < 4.78 is 4.83. The molecule has 0 saturated carbocycles. The van der Waals surface area contributed by atoms with Crippen LogP contribution in [0.25, 0.3) is 0 Å². The van der Waals surface area contributed by atoms with Crippen molar-refractivity contribution in [3.05, 3.63) is 35.9 Å². The molecule has 5 heteroatoms. The summed E-state index contributed by atoms with van der Waals surface area (Å²) in [7, 11) is 1.36. The average molecular weight is 332 g/mol. The van der Waals surface area contributed by atoms with Gasteiger partial charge in [-0.1, -0.05) is 50.6 Å². The van der Waals surface area contributed by atoms with Gasteiger partial charge < -0.3 is 10.1 Å². The van der Waals surface area contributed by atoms with Gasteiger partial charge in [0.15, 0.2) is 0 Å². The van der Waals surface area contributed by atoms with Gasteiger partial charge >= 0.3 is 5.97 Å². The van der Waals surface area contributed by atoms with Gasteiger partial charge in [-0.25, -0.2) is 4.79 Å². The first-order valence-electron chi connectivity index (χ1n) is 8.73. The molecule has 5 nitrogen and oxygen atoms in total. The Hall–Kier alpha value is -1.88. The second kappa shape index (κ2) is 8.83. The van der Waals surface area contributed by atoms with Gasteiger partial charge in [0, 0.05) is 6.04 Å². The first-order chi connectivity index (χ1) is 11.6. The molecule has 0 bridgehead atoms. The Kier molecular flexibility index (Phi) is 6.79. The molecule has 3 unspecified atom stereocenters. The molecule has 132 valence electrons. The summed E-state index contributed by atoms with van der Waals surface area (Å²) in [6, 6.07) is 9.98. The highest BCUT2D eigenvalue weighted by atomic mass is 16.5. The first-order valence-corrected chi connectivity index (χ1v) is 8.73. The lowest BCUT2D eigenvalue weighted by Crippen LogP contribution is -2.48. The molecule has 1 saturated heterocycles. The maximum absolute atomic E-state index is 12.5. The van der Waals surface area contributed by atoms with E-state index in [1.165, 1.54) is 12.7 Å². The number of amides is 1. The lowest BCUT2D eigenvalue weighted by atomic mass is 9.99. The van der Waals surface area contributed by atoms with Gasteiger partial charge in [-0.2, -0.15) is 0 Å². The molecule has 0 radical (unpaired) electrons. The first kappa shape index (κ1) is 18.5. The van der Waals surface area contributed by atoms with E-state index in [4.69, 9.17) is 4.74 Å². The molecule has 1 aliphatic heterocycles. The normalized spacial score (nSPS) is 20.4. The third kappa shape index (κ3) is 4.57. The van der Waals surface area contributed by atoms with E-state index in [-0.39, 0.29) is 23.8 Å². The van der Waals surface area contributed by atoms with Crippen molar-refractivity contribution in [1.82, 2.24) is 10.2 Å². The second-order valence-electron chi connectivity index (χ2n) is 6.49. The number of esters is 1. The topological polar surface area (TPSA) is 58.6 Å². The number of hydrogen-bond donors (Lipinski definition) is 1. The van der Waals surface area contributed by atoms with Crippen molar-refractivity contribution in [2.45, 2.75) is 45.2 Å². The second-order valence-corrected chi connectivity index (χ2v) is 6.49. The lowest BCUT2D eigenvalue weighted by molar-refractivity contribution is -0.146. The van der Waals surface area contributed by atoms with Crippen molar-refractivity contribution in [2.24, 2.45) is 5.92 Å². The Morgan fingerprint density at radius 2 is 2.04 bits per heavy atom. The number of likely N-dealkylation sites (tertiary alicyclic amines) is 1. The Morgan fingerprint density at radius 1 is 1.33 bits per heavy atom. The van der Waals surface area contributed by atoms with E-state index in [9.17, 15) is 9.59 Å². The molecule has 0 spiro atoms. The number of rotatable bonds is 7. The van der Waals surface area contributed by atoms with E-state index >= 15 is 0 Å². The summed E-state index contributed by atoms with van der Waals surface area (Å²) in [4.78, 5) is 26.6. The van der Waals surface area contributed by atoms with Gasteiger partial charge in [-0.05, 0) is 30.9 Å². The summed E-state index contributed by atoms with van der Waals surface area (Å²) >= 11 is 0. The number of benzene rings is 1. The van der Waals surface area contributed by atoms with Gasteiger partial charge in [0.25, 0.3) is 0 Å². The maximum atomic E-state index is 12.5. The molecule has 1 aromatic rings. The van der Waals surface area contributed by atoms with Crippen LogP contribution in [0, 0.1) is 5.92 Å². The van der Waals surface area contributed by atoms with E-state index in [0.29, 0.717) is 6.54 Å². The van der Waals surface area contributed by atoms with Crippen LogP contribution in [0.15, 0.2) is 30.3 Å². The fourth-order valence-electron chi connectivity index (χ4n) is 3.27. The molecule has 1 aliphatic rings. The van der Waals surface area contributed by atoms with Crippen LogP contribution in [0.4, 0.5) is 0 Å². The fourth-order valence-corrected chi connectivity index (χ4v) is 3.27. The predicted octanol–water partition coefficient (Wildman–Crippen LogP) is 2.53. The van der Waals surface area contributed by atoms with Crippen LogP contribution >= 0.6 is 0 Å². The Bertz CT molecular complexity index is 547. The van der Waals surface area contributed by atoms with Crippen LogP contribution in [0.5, 0.6) is 0 Å². The number of hydrogen-bond acceptors (Lipinski definition) is 4. The number of carbonyl (C=O) groups excluding carboxylic acids is 2. The molecule has 2 rings (SSSR count). The van der Waals surface area contributed by atoms with Crippen LogP contribution < -0.4 is 5.32 Å². The molecule has 1 fully saturated rings. The molecule has 0 aromatic heterocycles. The molecular formula is C19H28N2O3. The molecule has 24 heavy (non-hydrogen) atoms. The summed E-state index contributed by atoms with van der Waals surface area (Å²) in [6.45, 7) is 5.16. The predicted molar refractivity (Wildman–Crippen MR) is 93.4 cm³/mol. The van der Waals surface area contributed by atoms with Crippen molar-refractivity contribution in [1.29, 1.82) is 0 Å². The molecule has 3 atom stereocenters. The van der Waals surface area contributed by atoms with Gasteiger partial charge in [-0.3, -0.25) is 9.69 Å². The lowest BCUT2D eigenvalue weighted by Gasteiger charge is -2.26. The molecule has 1 aromatic carbocycles.